The van der Waals surface area contributed by atoms with E-state index >= 15 is 0 Å². The summed E-state index contributed by atoms with van der Waals surface area (Å²) in [5.74, 6) is -1.92. The Morgan fingerprint density at radius 1 is 1.47 bits per heavy atom. The van der Waals surface area contributed by atoms with Gasteiger partial charge in [0.1, 0.15) is 6.54 Å². The molecule has 1 unspecified atom stereocenters. The predicted molar refractivity (Wildman–Crippen MR) is 67.1 cm³/mol. The summed E-state index contributed by atoms with van der Waals surface area (Å²) in [6.45, 7) is -0.754. The van der Waals surface area contributed by atoms with Gasteiger partial charge in [-0.25, -0.2) is 16.8 Å². The molecule has 1 aliphatic rings. The van der Waals surface area contributed by atoms with E-state index in [1.165, 1.54) is 7.11 Å². The van der Waals surface area contributed by atoms with Crippen molar-refractivity contribution in [3.8, 4) is 0 Å². The number of aliphatic carboxylic acids is 1. The highest BCUT2D eigenvalue weighted by molar-refractivity contribution is 7.95. The molecule has 1 atom stereocenters. The van der Waals surface area contributed by atoms with E-state index in [4.69, 9.17) is 9.84 Å². The minimum absolute atomic E-state index is 0.00771. The second-order valence-corrected chi connectivity index (χ2v) is 8.73. The molecule has 10 heteroatoms. The van der Waals surface area contributed by atoms with Crippen LogP contribution in [-0.4, -0.2) is 75.8 Å². The lowest BCUT2D eigenvalue weighted by Crippen LogP contribution is -2.43. The highest BCUT2D eigenvalue weighted by atomic mass is 32.2. The average molecular weight is 315 g/mol. The summed E-state index contributed by atoms with van der Waals surface area (Å²) in [5, 5.41) is 7.67. The van der Waals surface area contributed by atoms with Gasteiger partial charge in [-0.15, -0.1) is 0 Å². The molecule has 0 spiro atoms. The zero-order chi connectivity index (χ0) is 14.7. The van der Waals surface area contributed by atoms with Gasteiger partial charge in [0.15, 0.2) is 9.84 Å². The van der Waals surface area contributed by atoms with Crippen LogP contribution in [0.3, 0.4) is 0 Å². The highest BCUT2D eigenvalue weighted by Crippen LogP contribution is 2.22. The Hall–Kier alpha value is -0.710. The van der Waals surface area contributed by atoms with Crippen LogP contribution >= 0.6 is 0 Å². The van der Waals surface area contributed by atoms with E-state index in [-0.39, 0.29) is 25.3 Å². The summed E-state index contributed by atoms with van der Waals surface area (Å²) >= 11 is 0. The molecule has 0 aromatic carbocycles. The number of hydrogen-bond acceptors (Lipinski definition) is 6. The zero-order valence-corrected chi connectivity index (χ0v) is 12.1. The summed E-state index contributed by atoms with van der Waals surface area (Å²) in [6.07, 6.45) is 0.00771. The van der Waals surface area contributed by atoms with Crippen LogP contribution in [0.15, 0.2) is 0 Å². The van der Waals surface area contributed by atoms with E-state index in [1.807, 2.05) is 0 Å². The second kappa shape index (κ2) is 6.16. The minimum Gasteiger partial charge on any atom is -0.480 e. The largest absolute Gasteiger partial charge is 0.480 e. The van der Waals surface area contributed by atoms with Crippen LogP contribution in [0.1, 0.15) is 6.42 Å². The third-order valence-corrected chi connectivity index (χ3v) is 7.08. The van der Waals surface area contributed by atoms with Gasteiger partial charge in [-0.05, 0) is 6.42 Å². The molecule has 112 valence electrons. The Balaban J connectivity index is 2.89. The molecule has 0 aromatic rings. The van der Waals surface area contributed by atoms with Gasteiger partial charge < -0.3 is 9.84 Å². The van der Waals surface area contributed by atoms with Crippen molar-refractivity contribution in [2.24, 2.45) is 0 Å². The lowest BCUT2D eigenvalue weighted by atomic mass is 10.4. The normalized spacial score (nSPS) is 22.7. The van der Waals surface area contributed by atoms with Crippen molar-refractivity contribution in [2.45, 2.75) is 11.7 Å². The summed E-state index contributed by atoms with van der Waals surface area (Å²) < 4.78 is 52.6. The summed E-state index contributed by atoms with van der Waals surface area (Å²) in [7, 11) is -5.92. The Kier molecular flexibility index (Phi) is 5.30. The Bertz CT molecular complexity index is 525. The number of carboxylic acids is 1. The first-order valence-corrected chi connectivity index (χ1v) is 8.91. The monoisotopic (exact) mass is 315 g/mol. The van der Waals surface area contributed by atoms with Crippen LogP contribution in [0.2, 0.25) is 0 Å². The standard InChI is InChI=1S/C9H17NO7S2/c1-17-4-3-10(6-9(11)12)19(15,16)8-2-5-18(13,14)7-8/h8H,2-7H2,1H3,(H,11,12). The van der Waals surface area contributed by atoms with E-state index in [9.17, 15) is 21.6 Å². The van der Waals surface area contributed by atoms with E-state index in [2.05, 4.69) is 0 Å². The van der Waals surface area contributed by atoms with Crippen LogP contribution < -0.4 is 0 Å². The SMILES string of the molecule is COCCN(CC(=O)O)S(=O)(=O)C1CCS(=O)(=O)C1. The molecule has 1 rings (SSSR count). The molecular weight excluding hydrogens is 298 g/mol. The van der Waals surface area contributed by atoms with Crippen molar-refractivity contribution in [1.29, 1.82) is 0 Å². The predicted octanol–water partition coefficient (Wildman–Crippen LogP) is -1.46. The molecule has 1 aliphatic heterocycles. The maximum atomic E-state index is 12.2. The van der Waals surface area contributed by atoms with Crippen molar-refractivity contribution in [3.05, 3.63) is 0 Å². The number of ether oxygens (including phenoxy) is 1. The molecule has 8 nitrogen and oxygen atoms in total. The lowest BCUT2D eigenvalue weighted by molar-refractivity contribution is -0.137. The fourth-order valence-corrected chi connectivity index (χ4v) is 6.31. The molecule has 0 amide bonds. The second-order valence-electron chi connectivity index (χ2n) is 4.29. The highest BCUT2D eigenvalue weighted by Gasteiger charge is 2.40. The molecular formula is C9H17NO7S2. The van der Waals surface area contributed by atoms with Gasteiger partial charge in [-0.2, -0.15) is 4.31 Å². The maximum Gasteiger partial charge on any atom is 0.318 e. The van der Waals surface area contributed by atoms with Crippen molar-refractivity contribution in [1.82, 2.24) is 4.31 Å². The Labute approximate surface area is 112 Å². The van der Waals surface area contributed by atoms with Crippen LogP contribution in [-0.2, 0) is 29.4 Å². The number of methoxy groups -OCH3 is 1. The van der Waals surface area contributed by atoms with E-state index in [0.717, 1.165) is 4.31 Å². The number of carboxylic acid groups (broad SMARTS) is 1. The molecule has 0 bridgehead atoms. The number of carbonyl (C=O) groups is 1. The fourth-order valence-electron chi connectivity index (χ4n) is 1.85. The van der Waals surface area contributed by atoms with Crippen molar-refractivity contribution < 1.29 is 31.5 Å². The van der Waals surface area contributed by atoms with Crippen LogP contribution in [0.5, 0.6) is 0 Å². The first-order valence-electron chi connectivity index (χ1n) is 5.59. The van der Waals surface area contributed by atoms with E-state index < -0.39 is 43.4 Å². The average Bonchev–Trinajstić information content (AvgIpc) is 2.65. The topological polar surface area (TPSA) is 118 Å². The number of sulfone groups is 1. The van der Waals surface area contributed by atoms with Gasteiger partial charge >= 0.3 is 5.97 Å². The van der Waals surface area contributed by atoms with E-state index in [0.29, 0.717) is 0 Å². The van der Waals surface area contributed by atoms with Gasteiger partial charge in [-0.1, -0.05) is 0 Å². The number of nitrogens with zero attached hydrogens (tertiary/aromatic N) is 1. The van der Waals surface area contributed by atoms with Gasteiger partial charge in [0.05, 0.1) is 23.4 Å². The molecule has 0 saturated carbocycles. The van der Waals surface area contributed by atoms with Gasteiger partial charge in [-0.3, -0.25) is 4.79 Å². The van der Waals surface area contributed by atoms with Crippen LogP contribution in [0, 0.1) is 0 Å². The molecule has 0 aromatic heterocycles. The number of rotatable bonds is 7. The van der Waals surface area contributed by atoms with Crippen molar-refractivity contribution in [2.75, 3.05) is 38.3 Å². The van der Waals surface area contributed by atoms with Crippen LogP contribution in [0.4, 0.5) is 0 Å². The zero-order valence-electron chi connectivity index (χ0n) is 10.5. The molecule has 0 aliphatic carbocycles. The van der Waals surface area contributed by atoms with Crippen molar-refractivity contribution >= 4 is 25.8 Å². The summed E-state index contributed by atoms with van der Waals surface area (Å²) in [4.78, 5) is 10.7. The minimum atomic E-state index is -3.95. The quantitative estimate of drug-likeness (QED) is 0.609. The molecule has 1 fully saturated rings. The molecule has 19 heavy (non-hydrogen) atoms. The lowest BCUT2D eigenvalue weighted by Gasteiger charge is -2.23. The van der Waals surface area contributed by atoms with Gasteiger partial charge in [0.2, 0.25) is 10.0 Å². The molecule has 1 saturated heterocycles. The smallest absolute Gasteiger partial charge is 0.318 e. The maximum absolute atomic E-state index is 12.2. The third kappa shape index (κ3) is 4.41. The van der Waals surface area contributed by atoms with Crippen molar-refractivity contribution in [3.63, 3.8) is 0 Å². The number of hydrogen-bond donors (Lipinski definition) is 1. The third-order valence-electron chi connectivity index (χ3n) is 2.83. The van der Waals surface area contributed by atoms with Crippen LogP contribution in [0.25, 0.3) is 0 Å². The molecule has 0 radical (unpaired) electrons. The van der Waals surface area contributed by atoms with Gasteiger partial charge in [0.25, 0.3) is 0 Å². The molecule has 1 heterocycles. The first kappa shape index (κ1) is 16.3. The fraction of sp³-hybridized carbons (Fsp3) is 0.889. The summed E-state index contributed by atoms with van der Waals surface area (Å²) in [6, 6.07) is 0. The molecule has 1 N–H and O–H groups in total. The van der Waals surface area contributed by atoms with E-state index in [1.54, 1.807) is 0 Å². The summed E-state index contributed by atoms with van der Waals surface area (Å²) in [5.41, 5.74) is 0. The first-order chi connectivity index (χ1) is 8.69. The Morgan fingerprint density at radius 2 is 2.11 bits per heavy atom. The Morgan fingerprint density at radius 3 is 2.53 bits per heavy atom. The number of sulfonamides is 1. The van der Waals surface area contributed by atoms with Gasteiger partial charge in [0, 0.05) is 13.7 Å².